The molecule has 0 amide bonds. The molecule has 1 aliphatic heterocycles. The number of aromatic nitrogens is 2. The zero-order chi connectivity index (χ0) is 25.7. The average Bonchev–Trinajstić information content (AvgIpc) is 3.60. The Bertz CT molecular complexity index is 1480. The van der Waals surface area contributed by atoms with E-state index in [0.29, 0.717) is 41.0 Å². The molecule has 190 valence electrons. The lowest BCUT2D eigenvalue weighted by atomic mass is 9.86. The summed E-state index contributed by atoms with van der Waals surface area (Å²) in [7, 11) is 0. The van der Waals surface area contributed by atoms with Gasteiger partial charge in [-0.1, -0.05) is 22.8 Å². The second-order valence-electron chi connectivity index (χ2n) is 10.1. The van der Waals surface area contributed by atoms with Crippen LogP contribution >= 0.6 is 11.6 Å². The number of ether oxygens (including phenoxy) is 1. The number of pyridine rings is 1. The van der Waals surface area contributed by atoms with E-state index >= 15 is 0 Å². The van der Waals surface area contributed by atoms with Gasteiger partial charge in [0.25, 0.3) is 0 Å². The van der Waals surface area contributed by atoms with Crippen LogP contribution in [0.5, 0.6) is 5.75 Å². The fourth-order valence-electron chi connectivity index (χ4n) is 4.96. The molecule has 0 bridgehead atoms. The number of benzene rings is 2. The molecule has 1 aliphatic carbocycles. The lowest BCUT2D eigenvalue weighted by molar-refractivity contribution is 0.00711. The van der Waals surface area contributed by atoms with Crippen LogP contribution in [-0.2, 0) is 12.2 Å². The molecule has 4 aromatic rings. The molecule has 2 aromatic heterocycles. The van der Waals surface area contributed by atoms with E-state index in [0.717, 1.165) is 46.7 Å². The van der Waals surface area contributed by atoms with E-state index in [1.807, 2.05) is 43.0 Å². The van der Waals surface area contributed by atoms with Gasteiger partial charge < -0.3 is 19.3 Å². The summed E-state index contributed by atoms with van der Waals surface area (Å²) in [5.41, 5.74) is 3.89. The Labute approximate surface area is 219 Å². The standard InChI is InChI=1S/C29H27ClFN3O3/c1-17-9-10-32-26(11-17)34-15-29(35,16-34)24-8-6-21(13-25(24)30)36-14-23-27(33-37-28(23)19-3-4-19)22-7-5-20(31)12-18(22)2/h5-13,19,35H,3-4,14-16H2,1-2H3. The van der Waals surface area contributed by atoms with E-state index in [1.54, 1.807) is 18.3 Å². The van der Waals surface area contributed by atoms with Crippen LogP contribution in [0.4, 0.5) is 10.2 Å². The second-order valence-corrected chi connectivity index (χ2v) is 10.5. The van der Waals surface area contributed by atoms with Gasteiger partial charge in [0.1, 0.15) is 41.0 Å². The largest absolute Gasteiger partial charge is 0.489 e. The van der Waals surface area contributed by atoms with E-state index in [4.69, 9.17) is 20.9 Å². The SMILES string of the molecule is Cc1ccnc(N2CC(O)(c3ccc(OCc4c(-c5ccc(F)cc5C)noc4C4CC4)cc3Cl)C2)c1. The molecule has 0 spiro atoms. The molecular formula is C29H27ClFN3O3. The van der Waals surface area contributed by atoms with Crippen molar-refractivity contribution in [2.75, 3.05) is 18.0 Å². The summed E-state index contributed by atoms with van der Waals surface area (Å²) in [4.78, 5) is 6.42. The Morgan fingerprint density at radius 1 is 1.14 bits per heavy atom. The van der Waals surface area contributed by atoms with Crippen LogP contribution in [0.3, 0.4) is 0 Å². The van der Waals surface area contributed by atoms with Crippen LogP contribution in [-0.4, -0.2) is 28.3 Å². The van der Waals surface area contributed by atoms with E-state index in [1.165, 1.54) is 12.1 Å². The third kappa shape index (κ3) is 4.58. The Hall–Kier alpha value is -3.42. The lowest BCUT2D eigenvalue weighted by Gasteiger charge is -2.47. The van der Waals surface area contributed by atoms with Crippen LogP contribution in [0.25, 0.3) is 11.3 Å². The molecular weight excluding hydrogens is 493 g/mol. The summed E-state index contributed by atoms with van der Waals surface area (Å²) >= 11 is 6.62. The smallest absolute Gasteiger partial charge is 0.147 e. The second kappa shape index (κ2) is 9.15. The van der Waals surface area contributed by atoms with Crippen LogP contribution in [0.15, 0.2) is 59.3 Å². The Morgan fingerprint density at radius 3 is 2.65 bits per heavy atom. The molecule has 2 aromatic carbocycles. The van der Waals surface area contributed by atoms with E-state index in [2.05, 4.69) is 10.1 Å². The maximum absolute atomic E-state index is 13.7. The number of hydrogen-bond donors (Lipinski definition) is 1. The molecule has 6 nitrogen and oxygen atoms in total. The van der Waals surface area contributed by atoms with Gasteiger partial charge in [0.15, 0.2) is 0 Å². The number of hydrogen-bond acceptors (Lipinski definition) is 6. The van der Waals surface area contributed by atoms with Gasteiger partial charge in [0.2, 0.25) is 0 Å². The molecule has 1 N–H and O–H groups in total. The topological polar surface area (TPSA) is 71.6 Å². The summed E-state index contributed by atoms with van der Waals surface area (Å²) in [6, 6.07) is 14.0. The van der Waals surface area contributed by atoms with Gasteiger partial charge >= 0.3 is 0 Å². The first-order chi connectivity index (χ1) is 17.8. The molecule has 1 saturated carbocycles. The van der Waals surface area contributed by atoms with Crippen molar-refractivity contribution in [3.63, 3.8) is 0 Å². The van der Waals surface area contributed by atoms with Gasteiger partial charge in [-0.05, 0) is 80.3 Å². The molecule has 3 heterocycles. The van der Waals surface area contributed by atoms with Crippen molar-refractivity contribution in [3.8, 4) is 17.0 Å². The number of rotatable bonds is 7. The minimum Gasteiger partial charge on any atom is -0.489 e. The number of aryl methyl sites for hydroxylation is 2. The third-order valence-corrected chi connectivity index (χ3v) is 7.48. The first kappa shape index (κ1) is 23.9. The van der Waals surface area contributed by atoms with Crippen LogP contribution in [0.2, 0.25) is 5.02 Å². The summed E-state index contributed by atoms with van der Waals surface area (Å²) in [5.74, 6) is 2.30. The Kier molecular flexibility index (Phi) is 5.92. The first-order valence-corrected chi connectivity index (χ1v) is 12.8. The zero-order valence-corrected chi connectivity index (χ0v) is 21.4. The van der Waals surface area contributed by atoms with E-state index in [-0.39, 0.29) is 12.4 Å². The fraction of sp³-hybridized carbons (Fsp3) is 0.310. The number of β-amino-alcohol motifs (C(OH)–C–C–N with tert-alkyl or cyclic N) is 1. The molecule has 37 heavy (non-hydrogen) atoms. The molecule has 0 unspecified atom stereocenters. The zero-order valence-electron chi connectivity index (χ0n) is 20.7. The van der Waals surface area contributed by atoms with Crippen molar-refractivity contribution in [2.45, 2.75) is 44.8 Å². The highest BCUT2D eigenvalue weighted by molar-refractivity contribution is 6.31. The minimum atomic E-state index is -1.05. The maximum Gasteiger partial charge on any atom is 0.147 e. The monoisotopic (exact) mass is 519 g/mol. The molecule has 1 saturated heterocycles. The molecule has 0 radical (unpaired) electrons. The third-order valence-electron chi connectivity index (χ3n) is 7.17. The van der Waals surface area contributed by atoms with Gasteiger partial charge in [-0.25, -0.2) is 9.37 Å². The number of halogens is 2. The van der Waals surface area contributed by atoms with Gasteiger partial charge in [0, 0.05) is 23.2 Å². The highest BCUT2D eigenvalue weighted by Crippen LogP contribution is 2.45. The summed E-state index contributed by atoms with van der Waals surface area (Å²) in [5, 5.41) is 16.0. The summed E-state index contributed by atoms with van der Waals surface area (Å²) < 4.78 is 25.5. The predicted molar refractivity (Wildman–Crippen MR) is 139 cm³/mol. The summed E-state index contributed by atoms with van der Waals surface area (Å²) in [6.45, 7) is 4.94. The van der Waals surface area contributed by atoms with E-state index < -0.39 is 5.60 Å². The number of nitrogens with zero attached hydrogens (tertiary/aromatic N) is 3. The predicted octanol–water partition coefficient (Wildman–Crippen LogP) is 6.31. The van der Waals surface area contributed by atoms with Crippen molar-refractivity contribution in [3.05, 3.63) is 93.6 Å². The highest BCUT2D eigenvalue weighted by Gasteiger charge is 2.44. The van der Waals surface area contributed by atoms with Crippen molar-refractivity contribution in [1.82, 2.24) is 10.1 Å². The maximum atomic E-state index is 13.7. The molecule has 6 rings (SSSR count). The van der Waals surface area contributed by atoms with Crippen molar-refractivity contribution >= 4 is 17.4 Å². The van der Waals surface area contributed by atoms with Crippen LogP contribution in [0, 0.1) is 19.7 Å². The van der Waals surface area contributed by atoms with Gasteiger partial charge in [-0.2, -0.15) is 0 Å². The van der Waals surface area contributed by atoms with Crippen LogP contribution in [0.1, 0.15) is 46.8 Å². The van der Waals surface area contributed by atoms with Gasteiger partial charge in [-0.15, -0.1) is 0 Å². The lowest BCUT2D eigenvalue weighted by Crippen LogP contribution is -2.60. The molecule has 0 atom stereocenters. The van der Waals surface area contributed by atoms with E-state index in [9.17, 15) is 9.50 Å². The quantitative estimate of drug-likeness (QED) is 0.308. The van der Waals surface area contributed by atoms with Gasteiger partial charge in [0.05, 0.1) is 23.7 Å². The Morgan fingerprint density at radius 2 is 1.95 bits per heavy atom. The summed E-state index contributed by atoms with van der Waals surface area (Å²) in [6.07, 6.45) is 3.88. The van der Waals surface area contributed by atoms with Crippen molar-refractivity contribution in [1.29, 1.82) is 0 Å². The highest BCUT2D eigenvalue weighted by atomic mass is 35.5. The fourth-order valence-corrected chi connectivity index (χ4v) is 5.31. The molecule has 2 aliphatic rings. The molecule has 2 fully saturated rings. The van der Waals surface area contributed by atoms with Crippen LogP contribution < -0.4 is 9.64 Å². The number of aliphatic hydroxyl groups is 1. The minimum absolute atomic E-state index is 0.244. The normalized spacial score (nSPS) is 16.5. The number of anilines is 1. The van der Waals surface area contributed by atoms with Crippen molar-refractivity contribution in [2.24, 2.45) is 0 Å². The Balaban J connectivity index is 1.19. The van der Waals surface area contributed by atoms with Crippen molar-refractivity contribution < 1.29 is 18.8 Å². The molecule has 8 heteroatoms. The van der Waals surface area contributed by atoms with Gasteiger partial charge in [-0.3, -0.25) is 0 Å². The first-order valence-electron chi connectivity index (χ1n) is 12.4. The average molecular weight is 520 g/mol.